The van der Waals surface area contributed by atoms with Gasteiger partial charge in [0.05, 0.1) is 18.2 Å². The van der Waals surface area contributed by atoms with Crippen molar-refractivity contribution < 1.29 is 14.3 Å². The van der Waals surface area contributed by atoms with Crippen molar-refractivity contribution in [1.82, 2.24) is 14.8 Å². The molecule has 3 rings (SSSR count). The van der Waals surface area contributed by atoms with E-state index in [1.807, 2.05) is 50.8 Å². The fourth-order valence-electron chi connectivity index (χ4n) is 3.53. The average Bonchev–Trinajstić information content (AvgIpc) is 3.00. The molecule has 0 saturated carbocycles. The molecule has 0 spiro atoms. The second-order valence-electron chi connectivity index (χ2n) is 7.21. The maximum Gasteiger partial charge on any atom is 0.257 e. The van der Waals surface area contributed by atoms with Crippen LogP contribution in [0.1, 0.15) is 43.2 Å². The number of amides is 2. The van der Waals surface area contributed by atoms with Crippen LogP contribution in [0.4, 0.5) is 0 Å². The lowest BCUT2D eigenvalue weighted by Crippen LogP contribution is -2.50. The molecule has 1 fully saturated rings. The van der Waals surface area contributed by atoms with Crippen molar-refractivity contribution in [2.24, 2.45) is 0 Å². The number of benzene rings is 1. The Labute approximate surface area is 160 Å². The molecule has 0 unspecified atom stereocenters. The number of piperazine rings is 1. The van der Waals surface area contributed by atoms with Gasteiger partial charge < -0.3 is 19.5 Å². The molecule has 2 heterocycles. The maximum absolute atomic E-state index is 13.0. The van der Waals surface area contributed by atoms with E-state index < -0.39 is 0 Å². The van der Waals surface area contributed by atoms with E-state index in [1.165, 1.54) is 0 Å². The molecule has 144 valence electrons. The first kappa shape index (κ1) is 19.0. The molecular weight excluding hydrogens is 342 g/mol. The van der Waals surface area contributed by atoms with E-state index in [9.17, 15) is 9.59 Å². The van der Waals surface area contributed by atoms with Crippen molar-refractivity contribution in [1.29, 1.82) is 0 Å². The first-order chi connectivity index (χ1) is 12.8. The molecule has 1 aliphatic heterocycles. The summed E-state index contributed by atoms with van der Waals surface area (Å²) < 4.78 is 5.41. The fourth-order valence-corrected chi connectivity index (χ4v) is 3.53. The first-order valence-corrected chi connectivity index (χ1v) is 9.21. The van der Waals surface area contributed by atoms with Crippen LogP contribution < -0.4 is 4.74 Å². The number of methoxy groups -OCH3 is 1. The minimum atomic E-state index is -0.0456. The van der Waals surface area contributed by atoms with Crippen LogP contribution in [0.5, 0.6) is 5.75 Å². The predicted molar refractivity (Wildman–Crippen MR) is 105 cm³/mol. The monoisotopic (exact) mass is 369 g/mol. The summed E-state index contributed by atoms with van der Waals surface area (Å²) in [4.78, 5) is 32.5. The Hall–Kier alpha value is -2.76. The van der Waals surface area contributed by atoms with Gasteiger partial charge in [0.2, 0.25) is 0 Å². The summed E-state index contributed by atoms with van der Waals surface area (Å²) in [7, 11) is 1.58. The van der Waals surface area contributed by atoms with Gasteiger partial charge in [0, 0.05) is 37.6 Å². The Morgan fingerprint density at radius 3 is 1.85 bits per heavy atom. The molecule has 27 heavy (non-hydrogen) atoms. The quantitative estimate of drug-likeness (QED) is 0.905. The number of aromatic amines is 1. The molecule has 0 bridgehead atoms. The number of aryl methyl sites for hydroxylation is 4. The number of nitrogens with one attached hydrogen (secondary N) is 1. The molecule has 1 aliphatic rings. The molecule has 0 aliphatic carbocycles. The molecule has 6 nitrogen and oxygen atoms in total. The van der Waals surface area contributed by atoms with Crippen LogP contribution in [0.25, 0.3) is 0 Å². The average molecular weight is 369 g/mol. The van der Waals surface area contributed by atoms with Crippen LogP contribution in [0.15, 0.2) is 18.2 Å². The molecule has 1 N–H and O–H groups in total. The summed E-state index contributed by atoms with van der Waals surface area (Å²) in [5, 5.41) is 0. The van der Waals surface area contributed by atoms with E-state index in [-0.39, 0.29) is 11.8 Å². The van der Waals surface area contributed by atoms with Gasteiger partial charge in [-0.1, -0.05) is 0 Å². The highest BCUT2D eigenvalue weighted by Crippen LogP contribution is 2.25. The summed E-state index contributed by atoms with van der Waals surface area (Å²) in [6, 6.07) is 5.68. The summed E-state index contributed by atoms with van der Waals surface area (Å²) in [5.74, 6) is 0.573. The maximum atomic E-state index is 13.0. The molecule has 2 amide bonds. The summed E-state index contributed by atoms with van der Waals surface area (Å²) >= 11 is 0. The van der Waals surface area contributed by atoms with E-state index >= 15 is 0 Å². The lowest BCUT2D eigenvalue weighted by Gasteiger charge is -2.35. The van der Waals surface area contributed by atoms with Crippen LogP contribution in [0.2, 0.25) is 0 Å². The van der Waals surface area contributed by atoms with Gasteiger partial charge in [0.15, 0.2) is 0 Å². The number of hydrogen-bond donors (Lipinski definition) is 1. The van der Waals surface area contributed by atoms with Gasteiger partial charge in [0.1, 0.15) is 5.75 Å². The highest BCUT2D eigenvalue weighted by molar-refractivity contribution is 5.98. The molecule has 0 radical (unpaired) electrons. The lowest BCUT2D eigenvalue weighted by atomic mass is 10.0. The summed E-state index contributed by atoms with van der Waals surface area (Å²) in [6.45, 7) is 9.93. The van der Waals surface area contributed by atoms with Crippen molar-refractivity contribution >= 4 is 11.8 Å². The molecule has 0 atom stereocenters. The van der Waals surface area contributed by atoms with E-state index in [4.69, 9.17) is 4.74 Å². The van der Waals surface area contributed by atoms with Gasteiger partial charge in [-0.3, -0.25) is 9.59 Å². The molecule has 1 aromatic heterocycles. The third-order valence-corrected chi connectivity index (χ3v) is 5.28. The van der Waals surface area contributed by atoms with Crippen LogP contribution in [-0.2, 0) is 0 Å². The summed E-state index contributed by atoms with van der Waals surface area (Å²) in [5.41, 5.74) is 5.31. The third-order valence-electron chi connectivity index (χ3n) is 5.28. The van der Waals surface area contributed by atoms with Crippen molar-refractivity contribution in [3.05, 3.63) is 51.8 Å². The standard InChI is InChI=1S/C21H27N3O3/c1-13-10-18(19(27-5)11-14(13)2)21(26)24-8-6-23(7-9-24)20(25)17-12-15(3)22-16(17)4/h10-12,22H,6-9H2,1-5H3. The normalized spacial score (nSPS) is 14.4. The first-order valence-electron chi connectivity index (χ1n) is 9.21. The Bertz CT molecular complexity index is 877. The number of nitrogens with zero attached hydrogens (tertiary/aromatic N) is 2. The topological polar surface area (TPSA) is 65.6 Å². The molecular formula is C21H27N3O3. The SMILES string of the molecule is COc1cc(C)c(C)cc1C(=O)N1CCN(C(=O)c2cc(C)[nH]c2C)CC1. The largest absolute Gasteiger partial charge is 0.496 e. The van der Waals surface area contributed by atoms with E-state index in [0.29, 0.717) is 43.1 Å². The smallest absolute Gasteiger partial charge is 0.257 e. The fraction of sp³-hybridized carbons (Fsp3) is 0.429. The number of aromatic nitrogens is 1. The number of ether oxygens (including phenoxy) is 1. The number of hydrogen-bond acceptors (Lipinski definition) is 3. The molecule has 1 saturated heterocycles. The highest BCUT2D eigenvalue weighted by Gasteiger charge is 2.28. The second-order valence-corrected chi connectivity index (χ2v) is 7.21. The van der Waals surface area contributed by atoms with Crippen molar-refractivity contribution in [3.63, 3.8) is 0 Å². The van der Waals surface area contributed by atoms with E-state index in [1.54, 1.807) is 12.0 Å². The highest BCUT2D eigenvalue weighted by atomic mass is 16.5. The van der Waals surface area contributed by atoms with Crippen molar-refractivity contribution in [2.75, 3.05) is 33.3 Å². The van der Waals surface area contributed by atoms with Crippen molar-refractivity contribution in [3.8, 4) is 5.75 Å². The Kier molecular flexibility index (Phi) is 5.26. The van der Waals surface area contributed by atoms with Crippen LogP contribution >= 0.6 is 0 Å². The number of rotatable bonds is 3. The molecule has 1 aromatic carbocycles. The van der Waals surface area contributed by atoms with Gasteiger partial charge in [-0.25, -0.2) is 0 Å². The van der Waals surface area contributed by atoms with Crippen molar-refractivity contribution in [2.45, 2.75) is 27.7 Å². The van der Waals surface area contributed by atoms with Gasteiger partial charge >= 0.3 is 0 Å². The Morgan fingerprint density at radius 1 is 0.852 bits per heavy atom. The minimum Gasteiger partial charge on any atom is -0.496 e. The number of H-pyrrole nitrogens is 1. The Morgan fingerprint density at radius 2 is 1.37 bits per heavy atom. The summed E-state index contributed by atoms with van der Waals surface area (Å²) in [6.07, 6.45) is 0. The van der Waals surface area contributed by atoms with Crippen LogP contribution in [0, 0.1) is 27.7 Å². The Balaban J connectivity index is 1.71. The molecule has 6 heteroatoms. The van der Waals surface area contributed by atoms with Gasteiger partial charge in [-0.2, -0.15) is 0 Å². The number of carbonyl (C=O) groups excluding carboxylic acids is 2. The zero-order valence-electron chi connectivity index (χ0n) is 16.7. The number of carbonyl (C=O) groups is 2. The lowest BCUT2D eigenvalue weighted by molar-refractivity contribution is 0.0533. The van der Waals surface area contributed by atoms with Gasteiger partial charge in [0.25, 0.3) is 11.8 Å². The zero-order chi connectivity index (χ0) is 19.7. The van der Waals surface area contributed by atoms with E-state index in [2.05, 4.69) is 4.98 Å². The van der Waals surface area contributed by atoms with Gasteiger partial charge in [-0.05, 0) is 57.0 Å². The zero-order valence-corrected chi connectivity index (χ0v) is 16.7. The van der Waals surface area contributed by atoms with Crippen LogP contribution in [0.3, 0.4) is 0 Å². The second kappa shape index (κ2) is 7.47. The third kappa shape index (κ3) is 3.70. The minimum absolute atomic E-state index is 0.0210. The van der Waals surface area contributed by atoms with Gasteiger partial charge in [-0.15, -0.1) is 0 Å². The molecule has 2 aromatic rings. The van der Waals surface area contributed by atoms with Crippen LogP contribution in [-0.4, -0.2) is 59.9 Å². The van der Waals surface area contributed by atoms with E-state index in [0.717, 1.165) is 22.5 Å². The predicted octanol–water partition coefficient (Wildman–Crippen LogP) is 2.86.